The SMILES string of the molecule is Cc1cc(CN2CCC[C@H]2CO)cc(CN2CCC[C@H]2CO)c1. The van der Waals surface area contributed by atoms with Crippen LogP contribution in [0.15, 0.2) is 18.2 Å². The zero-order valence-electron chi connectivity index (χ0n) is 14.2. The van der Waals surface area contributed by atoms with Gasteiger partial charge in [0.25, 0.3) is 0 Å². The fourth-order valence-electron chi connectivity index (χ4n) is 4.22. The maximum atomic E-state index is 9.50. The molecule has 4 nitrogen and oxygen atoms in total. The fraction of sp³-hybridized carbons (Fsp3) is 0.684. The molecule has 128 valence electrons. The fourth-order valence-corrected chi connectivity index (χ4v) is 4.22. The lowest BCUT2D eigenvalue weighted by Crippen LogP contribution is -2.32. The van der Waals surface area contributed by atoms with Crippen molar-refractivity contribution in [1.29, 1.82) is 0 Å². The van der Waals surface area contributed by atoms with Crippen LogP contribution in [0.1, 0.15) is 42.4 Å². The molecular formula is C19H30N2O2. The highest BCUT2D eigenvalue weighted by molar-refractivity contribution is 5.29. The molecule has 2 atom stereocenters. The first-order valence-electron chi connectivity index (χ1n) is 8.99. The van der Waals surface area contributed by atoms with E-state index in [-0.39, 0.29) is 13.2 Å². The number of benzene rings is 1. The smallest absolute Gasteiger partial charge is 0.0587 e. The van der Waals surface area contributed by atoms with Crippen molar-refractivity contribution in [3.8, 4) is 0 Å². The molecule has 0 radical (unpaired) electrons. The molecule has 0 amide bonds. The molecule has 2 aliphatic rings. The largest absolute Gasteiger partial charge is 0.395 e. The van der Waals surface area contributed by atoms with Crippen molar-refractivity contribution in [2.24, 2.45) is 0 Å². The van der Waals surface area contributed by atoms with Crippen LogP contribution in [0.4, 0.5) is 0 Å². The molecule has 1 aromatic carbocycles. The van der Waals surface area contributed by atoms with E-state index in [1.165, 1.54) is 29.5 Å². The Bertz CT molecular complexity index is 478. The van der Waals surface area contributed by atoms with Crippen molar-refractivity contribution in [2.75, 3.05) is 26.3 Å². The Balaban J connectivity index is 1.69. The van der Waals surface area contributed by atoms with E-state index in [0.717, 1.165) is 39.0 Å². The zero-order valence-corrected chi connectivity index (χ0v) is 14.2. The van der Waals surface area contributed by atoms with E-state index in [2.05, 4.69) is 34.9 Å². The van der Waals surface area contributed by atoms with Crippen LogP contribution < -0.4 is 0 Å². The van der Waals surface area contributed by atoms with Crippen LogP contribution in [-0.4, -0.2) is 58.4 Å². The molecule has 1 aromatic rings. The summed E-state index contributed by atoms with van der Waals surface area (Å²) in [5, 5.41) is 19.0. The zero-order chi connectivity index (χ0) is 16.2. The first-order valence-corrected chi connectivity index (χ1v) is 8.99. The average molecular weight is 318 g/mol. The number of nitrogens with zero attached hydrogens (tertiary/aromatic N) is 2. The van der Waals surface area contributed by atoms with Crippen molar-refractivity contribution in [3.63, 3.8) is 0 Å². The number of hydrogen-bond donors (Lipinski definition) is 2. The van der Waals surface area contributed by atoms with Gasteiger partial charge in [-0.2, -0.15) is 0 Å². The Hall–Kier alpha value is -0.940. The summed E-state index contributed by atoms with van der Waals surface area (Å²) in [5.41, 5.74) is 4.00. The number of likely N-dealkylation sites (tertiary alicyclic amines) is 2. The molecule has 2 aliphatic heterocycles. The molecule has 2 fully saturated rings. The highest BCUT2D eigenvalue weighted by Crippen LogP contribution is 2.23. The van der Waals surface area contributed by atoms with Gasteiger partial charge in [-0.1, -0.05) is 23.8 Å². The summed E-state index contributed by atoms with van der Waals surface area (Å²) in [6.45, 7) is 6.75. The molecule has 0 unspecified atom stereocenters. The molecule has 23 heavy (non-hydrogen) atoms. The van der Waals surface area contributed by atoms with Crippen molar-refractivity contribution in [3.05, 3.63) is 34.9 Å². The standard InChI is InChI=1S/C19H30N2O2/c1-15-8-16(11-20-6-2-4-18(20)13-22)10-17(9-15)12-21-7-3-5-19(21)14-23/h8-10,18-19,22-23H,2-7,11-14H2,1H3/t18-,19-/m0/s1. The molecule has 0 aliphatic carbocycles. The third-order valence-corrected chi connectivity index (χ3v) is 5.39. The third kappa shape index (κ3) is 4.13. The van der Waals surface area contributed by atoms with E-state index in [0.29, 0.717) is 12.1 Å². The summed E-state index contributed by atoms with van der Waals surface area (Å²) >= 11 is 0. The van der Waals surface area contributed by atoms with Crippen molar-refractivity contribution in [1.82, 2.24) is 9.80 Å². The van der Waals surface area contributed by atoms with E-state index >= 15 is 0 Å². The topological polar surface area (TPSA) is 46.9 Å². The normalized spacial score (nSPS) is 26.2. The van der Waals surface area contributed by atoms with Gasteiger partial charge >= 0.3 is 0 Å². The Morgan fingerprint density at radius 3 is 1.78 bits per heavy atom. The minimum Gasteiger partial charge on any atom is -0.395 e. The first kappa shape index (κ1) is 16.9. The molecule has 2 saturated heterocycles. The summed E-state index contributed by atoms with van der Waals surface area (Å²) in [6.07, 6.45) is 4.61. The predicted octanol–water partition coefficient (Wildman–Crippen LogP) is 1.91. The summed E-state index contributed by atoms with van der Waals surface area (Å²) in [6, 6.07) is 7.51. The number of aliphatic hydroxyl groups is 2. The monoisotopic (exact) mass is 318 g/mol. The molecule has 0 bridgehead atoms. The summed E-state index contributed by atoms with van der Waals surface area (Å²) in [7, 11) is 0. The highest BCUT2D eigenvalue weighted by atomic mass is 16.3. The van der Waals surface area contributed by atoms with Crippen LogP contribution in [0.5, 0.6) is 0 Å². The second-order valence-corrected chi connectivity index (χ2v) is 7.23. The Kier molecular flexibility index (Phi) is 5.70. The van der Waals surface area contributed by atoms with Gasteiger partial charge in [0.15, 0.2) is 0 Å². The van der Waals surface area contributed by atoms with E-state index in [1.807, 2.05) is 0 Å². The molecule has 4 heteroatoms. The van der Waals surface area contributed by atoms with Gasteiger partial charge in [0.1, 0.15) is 0 Å². The molecule has 2 heterocycles. The lowest BCUT2D eigenvalue weighted by molar-refractivity contribution is 0.152. The van der Waals surface area contributed by atoms with E-state index in [4.69, 9.17) is 0 Å². The Morgan fingerprint density at radius 2 is 1.35 bits per heavy atom. The number of rotatable bonds is 6. The Morgan fingerprint density at radius 1 is 0.870 bits per heavy atom. The quantitative estimate of drug-likeness (QED) is 0.841. The van der Waals surface area contributed by atoms with Crippen LogP contribution in [0.3, 0.4) is 0 Å². The van der Waals surface area contributed by atoms with Gasteiger partial charge in [-0.05, 0) is 56.8 Å². The predicted molar refractivity (Wildman–Crippen MR) is 92.2 cm³/mol. The van der Waals surface area contributed by atoms with Gasteiger partial charge in [0.2, 0.25) is 0 Å². The van der Waals surface area contributed by atoms with Gasteiger partial charge in [0.05, 0.1) is 13.2 Å². The van der Waals surface area contributed by atoms with Gasteiger partial charge in [-0.3, -0.25) is 9.80 Å². The average Bonchev–Trinajstić information content (AvgIpc) is 3.15. The van der Waals surface area contributed by atoms with Gasteiger partial charge in [-0.15, -0.1) is 0 Å². The van der Waals surface area contributed by atoms with Gasteiger partial charge in [0, 0.05) is 25.2 Å². The maximum Gasteiger partial charge on any atom is 0.0587 e. The van der Waals surface area contributed by atoms with Gasteiger partial charge in [-0.25, -0.2) is 0 Å². The summed E-state index contributed by atoms with van der Waals surface area (Å²) in [5.74, 6) is 0. The molecule has 0 saturated carbocycles. The van der Waals surface area contributed by atoms with Crippen molar-refractivity contribution >= 4 is 0 Å². The van der Waals surface area contributed by atoms with Crippen LogP contribution >= 0.6 is 0 Å². The van der Waals surface area contributed by atoms with Crippen LogP contribution in [0, 0.1) is 6.92 Å². The molecule has 2 N–H and O–H groups in total. The second kappa shape index (κ2) is 7.75. The third-order valence-electron chi connectivity index (χ3n) is 5.39. The first-order chi connectivity index (χ1) is 11.2. The second-order valence-electron chi connectivity index (χ2n) is 7.23. The maximum absolute atomic E-state index is 9.50. The van der Waals surface area contributed by atoms with Crippen molar-refractivity contribution < 1.29 is 10.2 Å². The number of aryl methyl sites for hydroxylation is 1. The van der Waals surface area contributed by atoms with E-state index < -0.39 is 0 Å². The summed E-state index contributed by atoms with van der Waals surface area (Å²) < 4.78 is 0. The van der Waals surface area contributed by atoms with Crippen LogP contribution in [0.2, 0.25) is 0 Å². The summed E-state index contributed by atoms with van der Waals surface area (Å²) in [4.78, 5) is 4.82. The van der Waals surface area contributed by atoms with Crippen molar-refractivity contribution in [2.45, 2.75) is 57.8 Å². The van der Waals surface area contributed by atoms with Crippen LogP contribution in [0.25, 0.3) is 0 Å². The lowest BCUT2D eigenvalue weighted by atomic mass is 10.0. The minimum absolute atomic E-state index is 0.268. The van der Waals surface area contributed by atoms with Gasteiger partial charge < -0.3 is 10.2 Å². The number of aliphatic hydroxyl groups excluding tert-OH is 2. The highest BCUT2D eigenvalue weighted by Gasteiger charge is 2.25. The van der Waals surface area contributed by atoms with E-state index in [9.17, 15) is 10.2 Å². The Labute approximate surface area is 139 Å². The molecule has 3 rings (SSSR count). The molecular weight excluding hydrogens is 288 g/mol. The van der Waals surface area contributed by atoms with E-state index in [1.54, 1.807) is 0 Å². The lowest BCUT2D eigenvalue weighted by Gasteiger charge is -2.25. The minimum atomic E-state index is 0.268. The molecule has 0 aromatic heterocycles. The molecule has 0 spiro atoms. The number of hydrogen-bond acceptors (Lipinski definition) is 4. The van der Waals surface area contributed by atoms with Crippen LogP contribution in [-0.2, 0) is 13.1 Å².